The normalized spacial score (nSPS) is 21.5. The van der Waals surface area contributed by atoms with Gasteiger partial charge in [-0.1, -0.05) is 0 Å². The topological polar surface area (TPSA) is 53.1 Å². The Morgan fingerprint density at radius 1 is 1.10 bits per heavy atom. The number of benzene rings is 1. The number of likely N-dealkylation sites (tertiary alicyclic amines) is 1. The molecule has 2 amide bonds. The number of hydrogen-bond acceptors (Lipinski definition) is 4. The molecule has 0 radical (unpaired) electrons. The number of methoxy groups -OCH3 is 1. The summed E-state index contributed by atoms with van der Waals surface area (Å²) < 4.78 is 43.2. The molecule has 29 heavy (non-hydrogen) atoms. The van der Waals surface area contributed by atoms with Crippen LogP contribution in [0.1, 0.15) is 28.8 Å². The molecule has 1 atom stereocenters. The Hall–Kier alpha value is -2.13. The van der Waals surface area contributed by atoms with E-state index in [4.69, 9.17) is 4.74 Å². The Morgan fingerprint density at radius 2 is 1.83 bits per heavy atom. The van der Waals surface area contributed by atoms with Gasteiger partial charge in [-0.3, -0.25) is 14.5 Å². The van der Waals surface area contributed by atoms with Crippen LogP contribution in [0.5, 0.6) is 0 Å². The van der Waals surface area contributed by atoms with Gasteiger partial charge in [-0.05, 0) is 37.1 Å². The van der Waals surface area contributed by atoms with Crippen LogP contribution >= 0.6 is 0 Å². The lowest BCUT2D eigenvalue weighted by atomic mass is 10.1. The number of alkyl halides is 3. The maximum absolute atomic E-state index is 12.7. The Labute approximate surface area is 168 Å². The highest BCUT2D eigenvalue weighted by Crippen LogP contribution is 2.29. The van der Waals surface area contributed by atoms with E-state index >= 15 is 0 Å². The summed E-state index contributed by atoms with van der Waals surface area (Å²) in [6.45, 7) is 4.04. The molecule has 9 heteroatoms. The first-order valence-corrected chi connectivity index (χ1v) is 9.79. The Balaban J connectivity index is 1.58. The molecule has 3 rings (SSSR count). The van der Waals surface area contributed by atoms with Crippen LogP contribution in [0.2, 0.25) is 0 Å². The molecule has 6 nitrogen and oxygen atoms in total. The van der Waals surface area contributed by atoms with Gasteiger partial charge >= 0.3 is 6.18 Å². The summed E-state index contributed by atoms with van der Waals surface area (Å²) in [5.41, 5.74) is -0.525. The van der Waals surface area contributed by atoms with E-state index in [1.54, 1.807) is 12.0 Å². The molecule has 0 saturated carbocycles. The summed E-state index contributed by atoms with van der Waals surface area (Å²) in [7, 11) is 1.61. The minimum Gasteiger partial charge on any atom is -0.383 e. The molecule has 0 aromatic heterocycles. The van der Waals surface area contributed by atoms with Gasteiger partial charge in [0, 0.05) is 51.9 Å². The second-order valence-corrected chi connectivity index (χ2v) is 7.38. The summed E-state index contributed by atoms with van der Waals surface area (Å²) in [5, 5.41) is 0. The van der Waals surface area contributed by atoms with Crippen molar-refractivity contribution in [2.24, 2.45) is 0 Å². The molecule has 2 saturated heterocycles. The Morgan fingerprint density at radius 3 is 2.48 bits per heavy atom. The van der Waals surface area contributed by atoms with E-state index in [2.05, 4.69) is 4.90 Å². The van der Waals surface area contributed by atoms with Crippen molar-refractivity contribution in [3.05, 3.63) is 35.4 Å². The van der Waals surface area contributed by atoms with Gasteiger partial charge in [-0.15, -0.1) is 0 Å². The molecule has 1 unspecified atom stereocenters. The predicted molar refractivity (Wildman–Crippen MR) is 100 cm³/mol. The Kier molecular flexibility index (Phi) is 6.79. The van der Waals surface area contributed by atoms with Crippen molar-refractivity contribution in [1.82, 2.24) is 14.7 Å². The third-order valence-electron chi connectivity index (χ3n) is 5.55. The smallest absolute Gasteiger partial charge is 0.383 e. The number of rotatable bonds is 5. The monoisotopic (exact) mass is 413 g/mol. The molecule has 2 heterocycles. The lowest BCUT2D eigenvalue weighted by molar-refractivity contribution is -0.137. The SMILES string of the molecule is COCCN1CCC(N2CCCN(C(=O)c3ccc(C(F)(F)F)cc3)CC2)C1=O. The van der Waals surface area contributed by atoms with E-state index in [9.17, 15) is 22.8 Å². The maximum atomic E-state index is 12.7. The minimum atomic E-state index is -4.42. The number of ether oxygens (including phenoxy) is 1. The van der Waals surface area contributed by atoms with E-state index in [0.717, 1.165) is 18.6 Å². The first-order valence-electron chi connectivity index (χ1n) is 9.79. The number of carbonyl (C=O) groups excluding carboxylic acids is 2. The van der Waals surface area contributed by atoms with E-state index in [1.807, 2.05) is 4.90 Å². The molecular weight excluding hydrogens is 387 g/mol. The quantitative estimate of drug-likeness (QED) is 0.742. The molecule has 1 aromatic rings. The van der Waals surface area contributed by atoms with E-state index in [-0.39, 0.29) is 23.4 Å². The number of halogens is 3. The minimum absolute atomic E-state index is 0.101. The van der Waals surface area contributed by atoms with Gasteiger partial charge in [0.25, 0.3) is 5.91 Å². The molecular formula is C20H26F3N3O3. The molecule has 0 spiro atoms. The molecule has 2 aliphatic rings. The highest BCUT2D eigenvalue weighted by atomic mass is 19.4. The van der Waals surface area contributed by atoms with Crippen LogP contribution in [-0.4, -0.2) is 85.5 Å². The summed E-state index contributed by atoms with van der Waals surface area (Å²) in [6, 6.07) is 4.14. The lowest BCUT2D eigenvalue weighted by Crippen LogP contribution is -2.44. The molecule has 160 valence electrons. The van der Waals surface area contributed by atoms with Crippen molar-refractivity contribution in [2.75, 3.05) is 53.0 Å². The van der Waals surface area contributed by atoms with Gasteiger partial charge in [0.2, 0.25) is 5.91 Å². The van der Waals surface area contributed by atoms with Crippen molar-refractivity contribution in [3.63, 3.8) is 0 Å². The van der Waals surface area contributed by atoms with Gasteiger partial charge in [0.05, 0.1) is 18.2 Å². The summed E-state index contributed by atoms with van der Waals surface area (Å²) >= 11 is 0. The van der Waals surface area contributed by atoms with Crippen molar-refractivity contribution in [3.8, 4) is 0 Å². The van der Waals surface area contributed by atoms with Crippen molar-refractivity contribution < 1.29 is 27.5 Å². The van der Waals surface area contributed by atoms with Gasteiger partial charge in [0.1, 0.15) is 0 Å². The van der Waals surface area contributed by atoms with Crippen LogP contribution in [-0.2, 0) is 15.7 Å². The zero-order valence-corrected chi connectivity index (χ0v) is 16.5. The largest absolute Gasteiger partial charge is 0.416 e. The molecule has 1 aromatic carbocycles. The molecule has 2 aliphatic heterocycles. The van der Waals surface area contributed by atoms with Crippen LogP contribution in [0, 0.1) is 0 Å². The number of amides is 2. The van der Waals surface area contributed by atoms with Crippen LogP contribution in [0.25, 0.3) is 0 Å². The number of carbonyl (C=O) groups is 2. The van der Waals surface area contributed by atoms with E-state index in [1.165, 1.54) is 12.1 Å². The second kappa shape index (κ2) is 9.13. The summed E-state index contributed by atoms with van der Waals surface area (Å²) in [6.07, 6.45) is -2.95. The Bertz CT molecular complexity index is 724. The third kappa shape index (κ3) is 5.08. The first kappa shape index (κ1) is 21.6. The summed E-state index contributed by atoms with van der Waals surface area (Å²) in [4.78, 5) is 30.9. The van der Waals surface area contributed by atoms with Gasteiger partial charge in [0.15, 0.2) is 0 Å². The fourth-order valence-electron chi connectivity index (χ4n) is 3.92. The van der Waals surface area contributed by atoms with Crippen LogP contribution < -0.4 is 0 Å². The van der Waals surface area contributed by atoms with Crippen molar-refractivity contribution in [1.29, 1.82) is 0 Å². The molecule has 0 bridgehead atoms. The highest BCUT2D eigenvalue weighted by Gasteiger charge is 2.36. The maximum Gasteiger partial charge on any atom is 0.416 e. The van der Waals surface area contributed by atoms with E-state index < -0.39 is 11.7 Å². The van der Waals surface area contributed by atoms with Crippen molar-refractivity contribution in [2.45, 2.75) is 25.1 Å². The number of hydrogen-bond donors (Lipinski definition) is 0. The molecule has 2 fully saturated rings. The van der Waals surface area contributed by atoms with Gasteiger partial charge in [-0.2, -0.15) is 13.2 Å². The fourth-order valence-corrected chi connectivity index (χ4v) is 3.92. The lowest BCUT2D eigenvalue weighted by Gasteiger charge is -2.26. The van der Waals surface area contributed by atoms with Crippen LogP contribution in [0.3, 0.4) is 0 Å². The molecule has 0 aliphatic carbocycles. The van der Waals surface area contributed by atoms with Gasteiger partial charge in [-0.25, -0.2) is 0 Å². The average molecular weight is 413 g/mol. The third-order valence-corrected chi connectivity index (χ3v) is 5.55. The standard InChI is InChI=1S/C20H26F3N3O3/c1-29-14-13-26-10-7-17(19(26)28)24-8-2-9-25(12-11-24)18(27)15-3-5-16(6-4-15)20(21,22)23/h3-6,17H,2,7-14H2,1H3. The highest BCUT2D eigenvalue weighted by molar-refractivity contribution is 5.94. The zero-order chi connectivity index (χ0) is 21.0. The molecule has 0 N–H and O–H groups in total. The van der Waals surface area contributed by atoms with E-state index in [0.29, 0.717) is 52.3 Å². The van der Waals surface area contributed by atoms with Crippen molar-refractivity contribution >= 4 is 11.8 Å². The van der Waals surface area contributed by atoms with Crippen LogP contribution in [0.15, 0.2) is 24.3 Å². The zero-order valence-electron chi connectivity index (χ0n) is 16.5. The number of nitrogens with zero attached hydrogens (tertiary/aromatic N) is 3. The van der Waals surface area contributed by atoms with Crippen LogP contribution in [0.4, 0.5) is 13.2 Å². The van der Waals surface area contributed by atoms with Gasteiger partial charge < -0.3 is 14.5 Å². The second-order valence-electron chi connectivity index (χ2n) is 7.38. The average Bonchev–Trinajstić information content (AvgIpc) is 2.90. The fraction of sp³-hybridized carbons (Fsp3) is 0.600. The predicted octanol–water partition coefficient (Wildman–Crippen LogP) is 2.10. The first-order chi connectivity index (χ1) is 13.8. The summed E-state index contributed by atoms with van der Waals surface area (Å²) in [5.74, 6) is -0.176.